The largest absolute Gasteiger partial charge is 0.390 e. The molecule has 2 rings (SSSR count). The Morgan fingerprint density at radius 2 is 2.10 bits per heavy atom. The predicted octanol–water partition coefficient (Wildman–Crippen LogP) is 1.38. The Kier molecular flexibility index (Phi) is 4.07. The highest BCUT2D eigenvalue weighted by atomic mass is 16.3. The van der Waals surface area contributed by atoms with Crippen molar-refractivity contribution in [1.82, 2.24) is 10.2 Å². The SMILES string of the molecule is N#CC(C#N)=NNc1ccccc1-c1cc(CO)[nH]n1. The number of para-hydroxylation sites is 1. The van der Waals surface area contributed by atoms with Crippen LogP contribution in [0.15, 0.2) is 35.4 Å². The minimum Gasteiger partial charge on any atom is -0.390 e. The first-order valence-corrected chi connectivity index (χ1v) is 5.67. The summed E-state index contributed by atoms with van der Waals surface area (Å²) in [7, 11) is 0. The molecule has 20 heavy (non-hydrogen) atoms. The first-order chi connectivity index (χ1) is 9.78. The summed E-state index contributed by atoms with van der Waals surface area (Å²) in [6.07, 6.45) is 0. The lowest BCUT2D eigenvalue weighted by Crippen LogP contribution is -1.97. The normalized spacial score (nSPS) is 9.35. The molecule has 0 saturated carbocycles. The van der Waals surface area contributed by atoms with Gasteiger partial charge in [0, 0.05) is 5.56 Å². The molecule has 0 aliphatic rings. The second kappa shape index (κ2) is 6.14. The quantitative estimate of drug-likeness (QED) is 0.570. The summed E-state index contributed by atoms with van der Waals surface area (Å²) < 4.78 is 0. The van der Waals surface area contributed by atoms with E-state index in [0.29, 0.717) is 17.1 Å². The van der Waals surface area contributed by atoms with Crippen LogP contribution in [0.2, 0.25) is 0 Å². The first kappa shape index (κ1) is 13.3. The van der Waals surface area contributed by atoms with Crippen molar-refractivity contribution in [1.29, 1.82) is 10.5 Å². The van der Waals surface area contributed by atoms with E-state index < -0.39 is 0 Å². The van der Waals surface area contributed by atoms with Crippen molar-refractivity contribution in [2.75, 3.05) is 5.43 Å². The second-order valence-electron chi connectivity index (χ2n) is 3.78. The molecule has 1 aromatic heterocycles. The standard InChI is InChI=1S/C13H10N6O/c14-6-10(7-15)17-18-12-4-2-1-3-11(12)13-5-9(8-20)16-19-13/h1-5,18,20H,8H2,(H,16,19). The number of hydrogen-bond donors (Lipinski definition) is 3. The number of aromatic nitrogens is 2. The maximum absolute atomic E-state index is 9.03. The minimum atomic E-state index is -0.266. The van der Waals surface area contributed by atoms with Crippen LogP contribution in [-0.2, 0) is 6.61 Å². The van der Waals surface area contributed by atoms with Gasteiger partial charge in [-0.3, -0.25) is 10.5 Å². The van der Waals surface area contributed by atoms with Crippen molar-refractivity contribution in [3.63, 3.8) is 0 Å². The van der Waals surface area contributed by atoms with Crippen LogP contribution in [0.3, 0.4) is 0 Å². The van der Waals surface area contributed by atoms with Gasteiger partial charge in [0.2, 0.25) is 5.71 Å². The molecule has 98 valence electrons. The highest BCUT2D eigenvalue weighted by Crippen LogP contribution is 2.26. The number of hydrazone groups is 1. The smallest absolute Gasteiger partial charge is 0.237 e. The molecule has 0 radical (unpaired) electrons. The van der Waals surface area contributed by atoms with E-state index in [1.807, 2.05) is 12.1 Å². The Morgan fingerprint density at radius 1 is 1.35 bits per heavy atom. The number of H-pyrrole nitrogens is 1. The topological polar surface area (TPSA) is 121 Å². The molecule has 0 atom stereocenters. The Balaban J connectivity index is 2.34. The zero-order chi connectivity index (χ0) is 14.4. The van der Waals surface area contributed by atoms with Gasteiger partial charge in [0.15, 0.2) is 0 Å². The van der Waals surface area contributed by atoms with E-state index in [9.17, 15) is 0 Å². The highest BCUT2D eigenvalue weighted by molar-refractivity contribution is 6.10. The van der Waals surface area contributed by atoms with Crippen molar-refractivity contribution in [3.8, 4) is 23.4 Å². The van der Waals surface area contributed by atoms with Crippen LogP contribution in [0, 0.1) is 22.7 Å². The van der Waals surface area contributed by atoms with E-state index in [-0.39, 0.29) is 12.3 Å². The van der Waals surface area contributed by atoms with Gasteiger partial charge in [0.05, 0.1) is 23.7 Å². The van der Waals surface area contributed by atoms with Crippen LogP contribution >= 0.6 is 0 Å². The molecule has 0 saturated heterocycles. The third kappa shape index (κ3) is 2.80. The van der Waals surface area contributed by atoms with Crippen LogP contribution in [0.5, 0.6) is 0 Å². The summed E-state index contributed by atoms with van der Waals surface area (Å²) in [5.74, 6) is 0. The number of nitrogens with one attached hydrogen (secondary N) is 2. The average Bonchev–Trinajstić information content (AvgIpc) is 2.97. The van der Waals surface area contributed by atoms with Crippen molar-refractivity contribution >= 4 is 11.4 Å². The van der Waals surface area contributed by atoms with Crippen LogP contribution in [0.25, 0.3) is 11.3 Å². The Hall–Kier alpha value is -3.16. The molecule has 0 fully saturated rings. The second-order valence-corrected chi connectivity index (χ2v) is 3.78. The van der Waals surface area contributed by atoms with Gasteiger partial charge >= 0.3 is 0 Å². The van der Waals surface area contributed by atoms with Gasteiger partial charge in [-0.25, -0.2) is 0 Å². The Bertz CT molecular complexity index is 703. The molecule has 0 unspecified atom stereocenters. The number of anilines is 1. The van der Waals surface area contributed by atoms with Crippen molar-refractivity contribution < 1.29 is 5.11 Å². The fourth-order valence-corrected chi connectivity index (χ4v) is 1.58. The summed E-state index contributed by atoms with van der Waals surface area (Å²) in [6.45, 7) is -0.131. The maximum Gasteiger partial charge on any atom is 0.237 e. The van der Waals surface area contributed by atoms with E-state index >= 15 is 0 Å². The lowest BCUT2D eigenvalue weighted by molar-refractivity contribution is 0.276. The molecule has 7 nitrogen and oxygen atoms in total. The third-order valence-corrected chi connectivity index (χ3v) is 2.50. The fraction of sp³-hybridized carbons (Fsp3) is 0.0769. The monoisotopic (exact) mass is 266 g/mol. The van der Waals surface area contributed by atoms with E-state index in [1.165, 1.54) is 0 Å². The fourth-order valence-electron chi connectivity index (χ4n) is 1.58. The Morgan fingerprint density at radius 3 is 2.75 bits per heavy atom. The number of nitriles is 2. The maximum atomic E-state index is 9.03. The molecule has 0 aliphatic heterocycles. The summed E-state index contributed by atoms with van der Waals surface area (Å²) in [4.78, 5) is 0. The lowest BCUT2D eigenvalue weighted by atomic mass is 10.1. The average molecular weight is 266 g/mol. The third-order valence-electron chi connectivity index (χ3n) is 2.50. The summed E-state index contributed by atoms with van der Waals surface area (Å²) in [5.41, 5.74) is 4.96. The van der Waals surface area contributed by atoms with Crippen LogP contribution < -0.4 is 5.43 Å². The number of hydrogen-bond acceptors (Lipinski definition) is 6. The van der Waals surface area contributed by atoms with E-state index in [0.717, 1.165) is 5.56 Å². The molecule has 0 aliphatic carbocycles. The molecule has 2 aromatic rings. The van der Waals surface area contributed by atoms with Gasteiger partial charge in [-0.05, 0) is 12.1 Å². The number of aliphatic hydroxyl groups is 1. The summed E-state index contributed by atoms with van der Waals surface area (Å²) in [6, 6.07) is 12.2. The van der Waals surface area contributed by atoms with Crippen molar-refractivity contribution in [3.05, 3.63) is 36.0 Å². The van der Waals surface area contributed by atoms with Crippen LogP contribution in [-0.4, -0.2) is 21.0 Å². The number of rotatable bonds is 4. The summed E-state index contributed by atoms with van der Waals surface area (Å²) in [5, 5.41) is 36.8. The molecular weight excluding hydrogens is 256 g/mol. The number of aromatic amines is 1. The molecule has 7 heteroatoms. The molecular formula is C13H10N6O. The number of aliphatic hydroxyl groups excluding tert-OH is 1. The van der Waals surface area contributed by atoms with Gasteiger partial charge < -0.3 is 5.11 Å². The molecule has 1 aromatic carbocycles. The van der Waals surface area contributed by atoms with Crippen molar-refractivity contribution in [2.24, 2.45) is 5.10 Å². The van der Waals surface area contributed by atoms with E-state index in [4.69, 9.17) is 15.6 Å². The number of benzene rings is 1. The Labute approximate surface area is 114 Å². The zero-order valence-electron chi connectivity index (χ0n) is 10.3. The molecule has 1 heterocycles. The summed E-state index contributed by atoms with van der Waals surface area (Å²) >= 11 is 0. The van der Waals surface area contributed by atoms with E-state index in [2.05, 4.69) is 20.7 Å². The van der Waals surface area contributed by atoms with Gasteiger partial charge in [-0.1, -0.05) is 18.2 Å². The van der Waals surface area contributed by atoms with Gasteiger partial charge in [-0.15, -0.1) is 0 Å². The highest BCUT2D eigenvalue weighted by Gasteiger charge is 2.08. The molecule has 0 bridgehead atoms. The molecule has 3 N–H and O–H groups in total. The van der Waals surface area contributed by atoms with Gasteiger partial charge in [-0.2, -0.15) is 20.7 Å². The molecule has 0 amide bonds. The van der Waals surface area contributed by atoms with Crippen molar-refractivity contribution in [2.45, 2.75) is 6.61 Å². The first-order valence-electron chi connectivity index (χ1n) is 5.67. The molecule has 0 spiro atoms. The van der Waals surface area contributed by atoms with Gasteiger partial charge in [0.1, 0.15) is 12.1 Å². The van der Waals surface area contributed by atoms with Crippen LogP contribution in [0.1, 0.15) is 5.69 Å². The number of nitrogens with zero attached hydrogens (tertiary/aromatic N) is 4. The zero-order valence-corrected chi connectivity index (χ0v) is 10.3. The van der Waals surface area contributed by atoms with E-state index in [1.54, 1.807) is 30.3 Å². The predicted molar refractivity (Wildman–Crippen MR) is 72.2 cm³/mol. The van der Waals surface area contributed by atoms with Crippen LogP contribution in [0.4, 0.5) is 5.69 Å². The van der Waals surface area contributed by atoms with Gasteiger partial charge in [0.25, 0.3) is 0 Å². The minimum absolute atomic E-state index is 0.131. The lowest BCUT2D eigenvalue weighted by Gasteiger charge is -2.05.